The first kappa shape index (κ1) is 21.4. The second-order valence-electron chi connectivity index (χ2n) is 6.81. The van der Waals surface area contributed by atoms with E-state index < -0.39 is 0 Å². The molecule has 2 rings (SSSR count). The topological polar surface area (TPSA) is 24.9 Å². The third-order valence-corrected chi connectivity index (χ3v) is 7.59. The van der Waals surface area contributed by atoms with Gasteiger partial charge in [-0.15, -0.1) is 11.3 Å². The summed E-state index contributed by atoms with van der Waals surface area (Å²) < 4.78 is 1.46. The van der Waals surface area contributed by atoms with Gasteiger partial charge in [-0.3, -0.25) is 0 Å². The predicted octanol–water partition coefficient (Wildman–Crippen LogP) is 6.56. The molecule has 0 aliphatic heterocycles. The number of rotatable bonds is 3. The summed E-state index contributed by atoms with van der Waals surface area (Å²) in [6.07, 6.45) is 0. The quantitative estimate of drug-likeness (QED) is 0.559. The van der Waals surface area contributed by atoms with Crippen LogP contribution in [0, 0.1) is 20.8 Å². The van der Waals surface area contributed by atoms with E-state index in [9.17, 15) is 0 Å². The molecule has 0 fully saturated rings. The van der Waals surface area contributed by atoms with Gasteiger partial charge in [0.1, 0.15) is 0 Å². The minimum Gasteiger partial charge on any atom is -0.365 e. The number of nitrogens with one attached hydrogen (secondary N) is 1. The van der Waals surface area contributed by atoms with Gasteiger partial charge in [0.15, 0.2) is 5.13 Å². The lowest BCUT2D eigenvalue weighted by atomic mass is 10.1. The summed E-state index contributed by atoms with van der Waals surface area (Å²) >= 11 is 5.10. The lowest BCUT2D eigenvalue weighted by Crippen LogP contribution is -2.11. The molecule has 1 heterocycles. The molecule has 0 amide bonds. The maximum Gasteiger partial charge on any atom is 0.182 e. The number of hydrogen-bond donors (Lipinski definition) is 1. The van der Waals surface area contributed by atoms with E-state index in [1.807, 2.05) is 7.05 Å². The first-order valence-corrected chi connectivity index (χ1v) is 11.1. The number of benzene rings is 1. The molecule has 0 bridgehead atoms. The van der Waals surface area contributed by atoms with E-state index in [1.54, 1.807) is 11.3 Å². The van der Waals surface area contributed by atoms with Crippen LogP contribution in [0.4, 0.5) is 5.13 Å². The molecule has 0 spiro atoms. The van der Waals surface area contributed by atoms with E-state index in [-0.39, 0.29) is 15.2 Å². The summed E-state index contributed by atoms with van der Waals surface area (Å²) in [6, 6.07) is 4.28. The number of anilines is 1. The molecule has 0 saturated carbocycles. The molecule has 24 heavy (non-hydrogen) atoms. The third-order valence-electron chi connectivity index (χ3n) is 3.85. The fourth-order valence-electron chi connectivity index (χ4n) is 1.87. The molecule has 1 unspecified atom stereocenters. The summed E-state index contributed by atoms with van der Waals surface area (Å²) in [5, 5.41) is 6.15. The van der Waals surface area contributed by atoms with Crippen molar-refractivity contribution in [3.8, 4) is 0 Å². The molecular formula is C19H29BrN2S2. The van der Waals surface area contributed by atoms with Crippen molar-refractivity contribution in [1.29, 1.82) is 0 Å². The van der Waals surface area contributed by atoms with Crippen molar-refractivity contribution in [3.05, 3.63) is 44.4 Å². The van der Waals surface area contributed by atoms with E-state index in [0.717, 1.165) is 16.6 Å². The maximum absolute atomic E-state index is 4.46. The van der Waals surface area contributed by atoms with E-state index >= 15 is 0 Å². The van der Waals surface area contributed by atoms with Gasteiger partial charge in [-0.2, -0.15) is 10.5 Å². The molecular weight excluding hydrogens is 400 g/mol. The molecule has 0 aliphatic carbocycles. The second kappa shape index (κ2) is 9.16. The SMILES string of the molecule is C=S(Cc1csc(NC)n1)C(C)(C)C.Cc1cc(Br)cc(C)c1C. The van der Waals surface area contributed by atoms with Crippen molar-refractivity contribution >= 4 is 48.8 Å². The van der Waals surface area contributed by atoms with Gasteiger partial charge in [-0.25, -0.2) is 4.98 Å². The molecule has 1 N–H and O–H groups in total. The lowest BCUT2D eigenvalue weighted by Gasteiger charge is -2.22. The average Bonchev–Trinajstić information content (AvgIpc) is 2.92. The Morgan fingerprint density at radius 1 is 1.21 bits per heavy atom. The summed E-state index contributed by atoms with van der Waals surface area (Å²) in [6.45, 7) is 13.1. The summed E-state index contributed by atoms with van der Waals surface area (Å²) in [5.74, 6) is 5.20. The summed E-state index contributed by atoms with van der Waals surface area (Å²) in [7, 11) is 2.04. The Kier molecular flexibility index (Phi) is 8.16. The minimum atomic E-state index is 0.139. The van der Waals surface area contributed by atoms with Crippen LogP contribution in [-0.2, 0) is 5.75 Å². The van der Waals surface area contributed by atoms with Crippen LogP contribution >= 0.6 is 37.8 Å². The average molecular weight is 429 g/mol. The summed E-state index contributed by atoms with van der Waals surface area (Å²) in [4.78, 5) is 4.46. The van der Waals surface area contributed by atoms with Crippen molar-refractivity contribution in [2.24, 2.45) is 0 Å². The highest BCUT2D eigenvalue weighted by molar-refractivity contribution is 9.10. The second-order valence-corrected chi connectivity index (χ2v) is 11.1. The van der Waals surface area contributed by atoms with Crippen molar-refractivity contribution < 1.29 is 0 Å². The van der Waals surface area contributed by atoms with E-state index in [0.29, 0.717) is 0 Å². The highest BCUT2D eigenvalue weighted by atomic mass is 79.9. The number of halogens is 1. The molecule has 1 aromatic heterocycles. The van der Waals surface area contributed by atoms with Crippen molar-refractivity contribution in [3.63, 3.8) is 0 Å². The van der Waals surface area contributed by atoms with Crippen LogP contribution in [0.5, 0.6) is 0 Å². The van der Waals surface area contributed by atoms with E-state index in [2.05, 4.69) is 91.2 Å². The number of hydrogen-bond acceptors (Lipinski definition) is 3. The van der Waals surface area contributed by atoms with Gasteiger partial charge in [-0.1, -0.05) is 42.6 Å². The zero-order valence-electron chi connectivity index (χ0n) is 15.8. The Labute approximate surface area is 162 Å². The smallest absolute Gasteiger partial charge is 0.182 e. The van der Waals surface area contributed by atoms with Crippen LogP contribution in [-0.4, -0.2) is 22.6 Å². The molecule has 0 saturated heterocycles. The first-order valence-electron chi connectivity index (χ1n) is 7.90. The monoisotopic (exact) mass is 428 g/mol. The summed E-state index contributed by atoms with van der Waals surface area (Å²) in [5.41, 5.74) is 5.26. The van der Waals surface area contributed by atoms with Gasteiger partial charge < -0.3 is 5.32 Å². The predicted molar refractivity (Wildman–Crippen MR) is 118 cm³/mol. The van der Waals surface area contributed by atoms with Gasteiger partial charge in [0.25, 0.3) is 0 Å². The largest absolute Gasteiger partial charge is 0.365 e. The fraction of sp³-hybridized carbons (Fsp3) is 0.474. The lowest BCUT2D eigenvalue weighted by molar-refractivity contribution is 0.800. The molecule has 134 valence electrons. The number of aryl methyl sites for hydroxylation is 2. The van der Waals surface area contributed by atoms with Crippen LogP contribution in [0.3, 0.4) is 0 Å². The minimum absolute atomic E-state index is 0.139. The number of aromatic nitrogens is 1. The highest BCUT2D eigenvalue weighted by Crippen LogP contribution is 2.33. The first-order chi connectivity index (χ1) is 11.0. The van der Waals surface area contributed by atoms with Gasteiger partial charge in [0.05, 0.1) is 5.69 Å². The Balaban J connectivity index is 0.000000254. The van der Waals surface area contributed by atoms with E-state index in [1.165, 1.54) is 21.2 Å². The van der Waals surface area contributed by atoms with Crippen molar-refractivity contribution in [2.45, 2.75) is 52.0 Å². The molecule has 0 radical (unpaired) electrons. The zero-order valence-corrected chi connectivity index (χ0v) is 19.0. The van der Waals surface area contributed by atoms with Crippen LogP contribution in [0.2, 0.25) is 0 Å². The molecule has 1 atom stereocenters. The van der Waals surface area contributed by atoms with Gasteiger partial charge in [-0.05, 0) is 49.6 Å². The van der Waals surface area contributed by atoms with Gasteiger partial charge >= 0.3 is 0 Å². The molecule has 2 nitrogen and oxygen atoms in total. The van der Waals surface area contributed by atoms with Crippen molar-refractivity contribution in [2.75, 3.05) is 12.4 Å². The normalized spacial score (nSPS) is 12.3. The van der Waals surface area contributed by atoms with Crippen LogP contribution in [0.25, 0.3) is 0 Å². The third kappa shape index (κ3) is 6.69. The maximum atomic E-state index is 4.46. The molecule has 1 aromatic carbocycles. The van der Waals surface area contributed by atoms with Gasteiger partial charge in [0, 0.05) is 27.4 Å². The highest BCUT2D eigenvalue weighted by Gasteiger charge is 2.14. The number of thiazole rings is 1. The Morgan fingerprint density at radius 3 is 2.17 bits per heavy atom. The van der Waals surface area contributed by atoms with Crippen LogP contribution in [0.15, 0.2) is 22.0 Å². The van der Waals surface area contributed by atoms with Crippen molar-refractivity contribution in [1.82, 2.24) is 4.98 Å². The zero-order chi connectivity index (χ0) is 18.5. The van der Waals surface area contributed by atoms with Crippen LogP contribution < -0.4 is 5.32 Å². The molecule has 5 heteroatoms. The Bertz CT molecular complexity index is 677. The molecule has 2 aromatic rings. The Morgan fingerprint density at radius 2 is 1.75 bits per heavy atom. The molecule has 0 aliphatic rings. The van der Waals surface area contributed by atoms with E-state index in [4.69, 9.17) is 0 Å². The Hall–Kier alpha value is -0.650. The van der Waals surface area contributed by atoms with Gasteiger partial charge in [0.2, 0.25) is 0 Å². The fourth-order valence-corrected chi connectivity index (χ4v) is 4.27. The number of nitrogens with zero attached hydrogens (tertiary/aromatic N) is 1. The standard InChI is InChI=1S/C10H18N2S2.C9H11Br/c1-10(2,3)14(5)7-8-6-13-9(11-4)12-8;1-6-4-9(10)5-7(2)8(6)3/h6H,5,7H2,1-4H3,(H,11,12);4-5H,1-3H3. The van der Waals surface area contributed by atoms with Crippen LogP contribution in [0.1, 0.15) is 43.2 Å².